The number of anilines is 1. The molecule has 7 heteroatoms. The summed E-state index contributed by atoms with van der Waals surface area (Å²) >= 11 is 15.2. The van der Waals surface area contributed by atoms with E-state index in [2.05, 4.69) is 26.4 Å². The van der Waals surface area contributed by atoms with Crippen molar-refractivity contribution in [1.82, 2.24) is 0 Å². The molecule has 0 aliphatic carbocycles. The van der Waals surface area contributed by atoms with Crippen molar-refractivity contribution in [3.63, 3.8) is 0 Å². The van der Waals surface area contributed by atoms with Crippen LogP contribution >= 0.6 is 39.1 Å². The van der Waals surface area contributed by atoms with E-state index in [0.29, 0.717) is 10.0 Å². The number of oxime groups is 1. The van der Waals surface area contributed by atoms with Crippen molar-refractivity contribution in [2.24, 2.45) is 5.16 Å². The van der Waals surface area contributed by atoms with Gasteiger partial charge < -0.3 is 10.2 Å². The van der Waals surface area contributed by atoms with E-state index >= 15 is 0 Å². The molecule has 120 valence electrons. The van der Waals surface area contributed by atoms with Crippen molar-refractivity contribution in [3.05, 3.63) is 62.5 Å². The van der Waals surface area contributed by atoms with Gasteiger partial charge in [-0.05, 0) is 36.4 Å². The number of carbonyl (C=O) groups is 1. The first-order valence-electron chi connectivity index (χ1n) is 6.68. The van der Waals surface area contributed by atoms with E-state index in [9.17, 15) is 4.79 Å². The Hall–Kier alpha value is -1.56. The van der Waals surface area contributed by atoms with E-state index < -0.39 is 0 Å². The van der Waals surface area contributed by atoms with Crippen molar-refractivity contribution in [2.75, 3.05) is 5.32 Å². The number of amides is 1. The fourth-order valence-corrected chi connectivity index (χ4v) is 2.39. The second-order valence-corrected chi connectivity index (χ2v) is 6.32. The van der Waals surface area contributed by atoms with Gasteiger partial charge in [0.1, 0.15) is 6.61 Å². The number of nitrogens with zero attached hydrogens (tertiary/aromatic N) is 1. The average Bonchev–Trinajstić information content (AvgIpc) is 2.51. The molecule has 2 aromatic carbocycles. The number of hydrogen-bond acceptors (Lipinski definition) is 3. The quantitative estimate of drug-likeness (QED) is 0.514. The Morgan fingerprint density at radius 3 is 2.65 bits per heavy atom. The summed E-state index contributed by atoms with van der Waals surface area (Å²) in [6, 6.07) is 12.4. The minimum absolute atomic E-state index is 0.115. The number of nitrogens with one attached hydrogen (secondary N) is 1. The largest absolute Gasteiger partial charge is 0.391 e. The smallest absolute Gasteiger partial charge is 0.229 e. The Balaban J connectivity index is 1.73. The Labute approximate surface area is 152 Å². The summed E-state index contributed by atoms with van der Waals surface area (Å²) in [4.78, 5) is 16.8. The van der Waals surface area contributed by atoms with Crippen LogP contribution in [-0.4, -0.2) is 12.1 Å². The molecule has 0 aliphatic rings. The van der Waals surface area contributed by atoms with Crippen molar-refractivity contribution >= 4 is 56.9 Å². The zero-order valence-electron chi connectivity index (χ0n) is 11.9. The molecule has 2 aromatic rings. The number of rotatable bonds is 6. The third-order valence-electron chi connectivity index (χ3n) is 2.79. The van der Waals surface area contributed by atoms with Crippen LogP contribution in [0.2, 0.25) is 10.0 Å². The third kappa shape index (κ3) is 6.22. The maximum Gasteiger partial charge on any atom is 0.229 e. The molecular weight excluding hydrogens is 403 g/mol. The molecule has 0 radical (unpaired) electrons. The first-order valence-corrected chi connectivity index (χ1v) is 8.22. The predicted molar refractivity (Wildman–Crippen MR) is 97.1 cm³/mol. The van der Waals surface area contributed by atoms with Crippen LogP contribution in [0.1, 0.15) is 12.0 Å². The summed E-state index contributed by atoms with van der Waals surface area (Å²) in [5.74, 6) is -0.177. The van der Waals surface area contributed by atoms with Gasteiger partial charge in [-0.1, -0.05) is 50.4 Å². The molecule has 0 saturated carbocycles. The number of halogens is 3. The number of hydrogen-bond donors (Lipinski definition) is 1. The summed E-state index contributed by atoms with van der Waals surface area (Å²) < 4.78 is 0.950. The number of benzene rings is 2. The van der Waals surface area contributed by atoms with E-state index in [4.69, 9.17) is 28.0 Å². The van der Waals surface area contributed by atoms with Crippen molar-refractivity contribution in [2.45, 2.75) is 13.0 Å². The second-order valence-electron chi connectivity index (χ2n) is 4.56. The van der Waals surface area contributed by atoms with Gasteiger partial charge in [-0.3, -0.25) is 4.79 Å². The van der Waals surface area contributed by atoms with Gasteiger partial charge in [-0.25, -0.2) is 0 Å². The minimum Gasteiger partial charge on any atom is -0.391 e. The van der Waals surface area contributed by atoms with Crippen molar-refractivity contribution < 1.29 is 9.63 Å². The molecule has 0 fully saturated rings. The van der Waals surface area contributed by atoms with Crippen LogP contribution < -0.4 is 5.32 Å². The van der Waals surface area contributed by atoms with Crippen LogP contribution in [-0.2, 0) is 16.2 Å². The van der Waals surface area contributed by atoms with Crippen molar-refractivity contribution in [3.8, 4) is 0 Å². The van der Waals surface area contributed by atoms with Gasteiger partial charge in [0.2, 0.25) is 5.91 Å². The number of carbonyl (C=O) groups excluding carboxylic acids is 1. The zero-order valence-corrected chi connectivity index (χ0v) is 15.0. The summed E-state index contributed by atoms with van der Waals surface area (Å²) in [5, 5.41) is 7.57. The molecular formula is C16H13BrCl2N2O2. The highest BCUT2D eigenvalue weighted by Gasteiger charge is 2.02. The SMILES string of the molecule is O=C(CC=NOCc1ccc(Cl)cc1Cl)Nc1ccc(Br)cc1. The van der Waals surface area contributed by atoms with E-state index in [1.165, 1.54) is 6.21 Å². The molecule has 23 heavy (non-hydrogen) atoms. The fourth-order valence-electron chi connectivity index (χ4n) is 1.66. The topological polar surface area (TPSA) is 50.7 Å². The van der Waals surface area contributed by atoms with Gasteiger partial charge in [-0.2, -0.15) is 0 Å². The molecule has 0 unspecified atom stereocenters. The fraction of sp³-hybridized carbons (Fsp3) is 0.125. The third-order valence-corrected chi connectivity index (χ3v) is 3.90. The molecule has 0 spiro atoms. The maximum absolute atomic E-state index is 11.7. The van der Waals surface area contributed by atoms with Crippen LogP contribution in [0.3, 0.4) is 0 Å². The van der Waals surface area contributed by atoms with Crippen LogP contribution in [0.25, 0.3) is 0 Å². The first-order chi connectivity index (χ1) is 11.0. The lowest BCUT2D eigenvalue weighted by Gasteiger charge is -2.04. The summed E-state index contributed by atoms with van der Waals surface area (Å²) in [5.41, 5.74) is 1.49. The molecule has 0 heterocycles. The molecule has 0 bridgehead atoms. The lowest BCUT2D eigenvalue weighted by Crippen LogP contribution is -2.11. The summed E-state index contributed by atoms with van der Waals surface area (Å²) in [6.45, 7) is 0.209. The van der Waals surface area contributed by atoms with Gasteiger partial charge in [-0.15, -0.1) is 0 Å². The molecule has 1 N–H and O–H groups in total. The van der Waals surface area contributed by atoms with Crippen molar-refractivity contribution in [1.29, 1.82) is 0 Å². The second kappa shape index (κ2) is 8.91. The monoisotopic (exact) mass is 414 g/mol. The Morgan fingerprint density at radius 1 is 1.22 bits per heavy atom. The Bertz CT molecular complexity index is 706. The highest BCUT2D eigenvalue weighted by Crippen LogP contribution is 2.21. The van der Waals surface area contributed by atoms with E-state index in [0.717, 1.165) is 15.7 Å². The lowest BCUT2D eigenvalue weighted by molar-refractivity contribution is -0.115. The Kier molecular flexibility index (Phi) is 6.89. The van der Waals surface area contributed by atoms with E-state index in [1.807, 2.05) is 12.1 Å². The van der Waals surface area contributed by atoms with Gasteiger partial charge >= 0.3 is 0 Å². The summed E-state index contributed by atoms with van der Waals surface area (Å²) in [7, 11) is 0. The molecule has 0 aliphatic heterocycles. The van der Waals surface area contributed by atoms with E-state index in [1.54, 1.807) is 30.3 Å². The predicted octanol–water partition coefficient (Wildman–Crippen LogP) is 5.29. The normalized spacial score (nSPS) is 10.7. The molecule has 0 atom stereocenters. The first kappa shape index (κ1) is 17.8. The standard InChI is InChI=1S/C16H13BrCl2N2O2/c17-12-2-5-14(6-3-12)21-16(22)7-8-20-23-10-11-1-4-13(18)9-15(11)19/h1-6,8-9H,7,10H2,(H,21,22). The molecule has 1 amide bonds. The molecule has 2 rings (SSSR count). The summed E-state index contributed by atoms with van der Waals surface area (Å²) in [6.07, 6.45) is 1.52. The van der Waals surface area contributed by atoms with Gasteiger partial charge in [0.05, 0.1) is 12.6 Å². The van der Waals surface area contributed by atoms with Crippen LogP contribution in [0.15, 0.2) is 52.1 Å². The zero-order chi connectivity index (χ0) is 16.7. The highest BCUT2D eigenvalue weighted by molar-refractivity contribution is 9.10. The van der Waals surface area contributed by atoms with Crippen LogP contribution in [0.5, 0.6) is 0 Å². The Morgan fingerprint density at radius 2 is 1.96 bits per heavy atom. The highest BCUT2D eigenvalue weighted by atomic mass is 79.9. The molecule has 4 nitrogen and oxygen atoms in total. The molecule has 0 aromatic heterocycles. The minimum atomic E-state index is -0.177. The average molecular weight is 416 g/mol. The van der Waals surface area contributed by atoms with Crippen LogP contribution in [0.4, 0.5) is 5.69 Å². The maximum atomic E-state index is 11.7. The lowest BCUT2D eigenvalue weighted by atomic mass is 10.2. The van der Waals surface area contributed by atoms with Crippen LogP contribution in [0, 0.1) is 0 Å². The van der Waals surface area contributed by atoms with Gasteiger partial charge in [0, 0.05) is 25.8 Å². The van der Waals surface area contributed by atoms with Gasteiger partial charge in [0.15, 0.2) is 0 Å². The van der Waals surface area contributed by atoms with E-state index in [-0.39, 0.29) is 18.9 Å². The molecule has 0 saturated heterocycles. The van der Waals surface area contributed by atoms with Gasteiger partial charge in [0.25, 0.3) is 0 Å².